The van der Waals surface area contributed by atoms with Crippen molar-refractivity contribution in [3.05, 3.63) is 29.3 Å². The molecule has 1 aromatic rings. The number of benzene rings is 1. The summed E-state index contributed by atoms with van der Waals surface area (Å²) in [5, 5.41) is 10.3. The molecule has 3 heteroatoms. The summed E-state index contributed by atoms with van der Waals surface area (Å²) in [4.78, 5) is 0. The van der Waals surface area contributed by atoms with Crippen LogP contribution in [0.25, 0.3) is 0 Å². The lowest BCUT2D eigenvalue weighted by molar-refractivity contribution is 0.0812. The van der Waals surface area contributed by atoms with Gasteiger partial charge in [-0.1, -0.05) is 6.07 Å². The van der Waals surface area contributed by atoms with Gasteiger partial charge in [-0.15, -0.1) is 0 Å². The smallest absolute Gasteiger partial charge is 0.122 e. The van der Waals surface area contributed by atoms with Crippen LogP contribution in [0.3, 0.4) is 0 Å². The maximum atomic E-state index is 10.3. The molecule has 0 aromatic heterocycles. The minimum atomic E-state index is -0.378. The molecule has 2 atom stereocenters. The van der Waals surface area contributed by atoms with Crippen LogP contribution < -0.4 is 4.74 Å². The Hall–Kier alpha value is -1.06. The van der Waals surface area contributed by atoms with Crippen LogP contribution in [-0.4, -0.2) is 24.4 Å². The molecule has 2 heterocycles. The van der Waals surface area contributed by atoms with E-state index in [2.05, 4.69) is 6.07 Å². The van der Waals surface area contributed by atoms with Gasteiger partial charge in [0, 0.05) is 6.61 Å². The lowest BCUT2D eigenvalue weighted by atomic mass is 9.97. The lowest BCUT2D eigenvalue weighted by Gasteiger charge is -2.20. The van der Waals surface area contributed by atoms with E-state index in [0.717, 1.165) is 63.1 Å². The maximum Gasteiger partial charge on any atom is 0.122 e. The van der Waals surface area contributed by atoms with Gasteiger partial charge in [0.15, 0.2) is 0 Å². The highest BCUT2D eigenvalue weighted by Gasteiger charge is 2.19. The lowest BCUT2D eigenvalue weighted by Crippen LogP contribution is -2.10. The van der Waals surface area contributed by atoms with Crippen LogP contribution in [0.1, 0.15) is 49.3 Å². The van der Waals surface area contributed by atoms with Gasteiger partial charge in [0.25, 0.3) is 0 Å². The van der Waals surface area contributed by atoms with Gasteiger partial charge in [-0.05, 0) is 61.8 Å². The quantitative estimate of drug-likeness (QED) is 0.906. The summed E-state index contributed by atoms with van der Waals surface area (Å²) >= 11 is 0. The van der Waals surface area contributed by atoms with Crippen LogP contribution in [0, 0.1) is 0 Å². The van der Waals surface area contributed by atoms with Gasteiger partial charge in [0.05, 0.1) is 18.8 Å². The number of hydrogen-bond acceptors (Lipinski definition) is 3. The van der Waals surface area contributed by atoms with Crippen molar-refractivity contribution >= 4 is 0 Å². The summed E-state index contributed by atoms with van der Waals surface area (Å²) in [6.07, 6.45) is 6.15. The van der Waals surface area contributed by atoms with Crippen LogP contribution in [-0.2, 0) is 11.2 Å². The van der Waals surface area contributed by atoms with E-state index in [-0.39, 0.29) is 6.10 Å². The van der Waals surface area contributed by atoms with Gasteiger partial charge in [-0.25, -0.2) is 0 Å². The van der Waals surface area contributed by atoms with Crippen molar-refractivity contribution in [1.29, 1.82) is 0 Å². The zero-order valence-electron chi connectivity index (χ0n) is 11.3. The number of aliphatic hydroxyl groups is 1. The Kier molecular flexibility index (Phi) is 4.04. The summed E-state index contributed by atoms with van der Waals surface area (Å²) in [5.41, 5.74) is 2.25. The average Bonchev–Trinajstić information content (AvgIpc) is 2.97. The Balaban J connectivity index is 1.60. The molecule has 2 aliphatic heterocycles. The van der Waals surface area contributed by atoms with Crippen LogP contribution in [0.2, 0.25) is 0 Å². The van der Waals surface area contributed by atoms with Crippen molar-refractivity contribution in [1.82, 2.24) is 0 Å². The molecular weight excluding hydrogens is 240 g/mol. The molecule has 2 aliphatic rings. The zero-order chi connectivity index (χ0) is 13.1. The molecule has 3 nitrogen and oxygen atoms in total. The largest absolute Gasteiger partial charge is 0.493 e. The number of aliphatic hydroxyl groups excluding tert-OH is 1. The van der Waals surface area contributed by atoms with Gasteiger partial charge in [0.2, 0.25) is 0 Å². The minimum absolute atomic E-state index is 0.357. The van der Waals surface area contributed by atoms with Crippen LogP contribution in [0.4, 0.5) is 0 Å². The SMILES string of the molecule is OC(CCC1CCCO1)c1ccc2c(c1)CCCO2. The van der Waals surface area contributed by atoms with Crippen molar-refractivity contribution in [3.63, 3.8) is 0 Å². The van der Waals surface area contributed by atoms with E-state index in [0.29, 0.717) is 6.10 Å². The number of aryl methyl sites for hydroxylation is 1. The molecule has 0 radical (unpaired) electrons. The summed E-state index contributed by atoms with van der Waals surface area (Å²) in [6.45, 7) is 1.70. The molecule has 104 valence electrons. The van der Waals surface area contributed by atoms with Crippen molar-refractivity contribution in [2.75, 3.05) is 13.2 Å². The van der Waals surface area contributed by atoms with Crippen molar-refractivity contribution in [3.8, 4) is 5.75 Å². The molecule has 0 aliphatic carbocycles. The van der Waals surface area contributed by atoms with Gasteiger partial charge in [0.1, 0.15) is 5.75 Å². The van der Waals surface area contributed by atoms with Gasteiger partial charge in [-0.3, -0.25) is 0 Å². The average molecular weight is 262 g/mol. The molecule has 3 rings (SSSR count). The number of ether oxygens (including phenoxy) is 2. The Morgan fingerprint density at radius 1 is 1.26 bits per heavy atom. The van der Waals surface area contributed by atoms with E-state index in [1.807, 2.05) is 12.1 Å². The first kappa shape index (κ1) is 12.9. The first-order chi connectivity index (χ1) is 9.33. The Bertz CT molecular complexity index is 424. The van der Waals surface area contributed by atoms with Gasteiger partial charge < -0.3 is 14.6 Å². The second kappa shape index (κ2) is 5.93. The van der Waals surface area contributed by atoms with E-state index in [4.69, 9.17) is 9.47 Å². The molecule has 19 heavy (non-hydrogen) atoms. The summed E-state index contributed by atoms with van der Waals surface area (Å²) in [5.74, 6) is 0.987. The van der Waals surface area contributed by atoms with Crippen LogP contribution in [0.5, 0.6) is 5.75 Å². The third kappa shape index (κ3) is 3.10. The fourth-order valence-corrected chi connectivity index (χ4v) is 2.97. The minimum Gasteiger partial charge on any atom is -0.493 e. The Morgan fingerprint density at radius 3 is 3.05 bits per heavy atom. The highest BCUT2D eigenvalue weighted by atomic mass is 16.5. The fourth-order valence-electron chi connectivity index (χ4n) is 2.97. The molecular formula is C16H22O3. The number of hydrogen-bond donors (Lipinski definition) is 1. The predicted octanol–water partition coefficient (Wildman–Crippen LogP) is 3.00. The molecule has 0 bridgehead atoms. The Morgan fingerprint density at radius 2 is 2.21 bits per heavy atom. The topological polar surface area (TPSA) is 38.7 Å². The molecule has 1 fully saturated rings. The first-order valence-electron chi connectivity index (χ1n) is 7.38. The summed E-state index contributed by atoms with van der Waals surface area (Å²) in [7, 11) is 0. The van der Waals surface area contributed by atoms with Gasteiger partial charge in [-0.2, -0.15) is 0 Å². The maximum absolute atomic E-state index is 10.3. The second-order valence-corrected chi connectivity index (χ2v) is 5.55. The highest BCUT2D eigenvalue weighted by molar-refractivity contribution is 5.39. The molecule has 0 spiro atoms. The number of rotatable bonds is 4. The van der Waals surface area contributed by atoms with Crippen molar-refractivity contribution in [2.24, 2.45) is 0 Å². The van der Waals surface area contributed by atoms with Crippen LogP contribution in [0.15, 0.2) is 18.2 Å². The van der Waals surface area contributed by atoms with E-state index >= 15 is 0 Å². The Labute approximate surface area is 114 Å². The zero-order valence-corrected chi connectivity index (χ0v) is 11.3. The molecule has 1 N–H and O–H groups in total. The third-order valence-corrected chi connectivity index (χ3v) is 4.10. The molecule has 1 saturated heterocycles. The van der Waals surface area contributed by atoms with E-state index in [1.54, 1.807) is 0 Å². The first-order valence-corrected chi connectivity index (χ1v) is 7.38. The van der Waals surface area contributed by atoms with E-state index < -0.39 is 0 Å². The predicted molar refractivity (Wildman–Crippen MR) is 73.4 cm³/mol. The molecule has 2 unspecified atom stereocenters. The summed E-state index contributed by atoms with van der Waals surface area (Å²) < 4.78 is 11.2. The fraction of sp³-hybridized carbons (Fsp3) is 0.625. The third-order valence-electron chi connectivity index (χ3n) is 4.10. The molecule has 1 aromatic carbocycles. The standard InChI is InChI=1S/C16H22O3/c17-15(7-6-14-4-2-9-18-14)12-5-8-16-13(11-12)3-1-10-19-16/h5,8,11,14-15,17H,1-4,6-7,9-10H2. The second-order valence-electron chi connectivity index (χ2n) is 5.55. The normalized spacial score (nSPS) is 23.7. The van der Waals surface area contributed by atoms with Crippen molar-refractivity contribution in [2.45, 2.75) is 50.7 Å². The van der Waals surface area contributed by atoms with Crippen LogP contribution >= 0.6 is 0 Å². The van der Waals surface area contributed by atoms with E-state index in [9.17, 15) is 5.11 Å². The molecule has 0 saturated carbocycles. The molecule has 0 amide bonds. The summed E-state index contributed by atoms with van der Waals surface area (Å²) in [6, 6.07) is 6.10. The van der Waals surface area contributed by atoms with Gasteiger partial charge >= 0.3 is 0 Å². The van der Waals surface area contributed by atoms with E-state index in [1.165, 1.54) is 5.56 Å². The van der Waals surface area contributed by atoms with Crippen molar-refractivity contribution < 1.29 is 14.6 Å². The number of fused-ring (bicyclic) bond motifs is 1. The monoisotopic (exact) mass is 262 g/mol. The highest BCUT2D eigenvalue weighted by Crippen LogP contribution is 2.30.